The van der Waals surface area contributed by atoms with Gasteiger partial charge in [-0.3, -0.25) is 0 Å². The number of rotatable bonds is 3. The lowest BCUT2D eigenvalue weighted by Gasteiger charge is -2.09. The van der Waals surface area contributed by atoms with E-state index in [0.29, 0.717) is 16.2 Å². The Bertz CT molecular complexity index is 863. The number of ether oxygens (including phenoxy) is 1. The van der Waals surface area contributed by atoms with Gasteiger partial charge in [-0.15, -0.1) is 0 Å². The molecule has 8 heteroatoms. The molecule has 0 fully saturated rings. The van der Waals surface area contributed by atoms with Gasteiger partial charge >= 0.3 is 0 Å². The molecule has 0 amide bonds. The molecule has 0 unspecified atom stereocenters. The van der Waals surface area contributed by atoms with E-state index in [4.69, 9.17) is 16.3 Å². The van der Waals surface area contributed by atoms with Crippen molar-refractivity contribution in [2.24, 2.45) is 0 Å². The zero-order valence-electron chi connectivity index (χ0n) is 11.2. The van der Waals surface area contributed by atoms with E-state index in [9.17, 15) is 8.78 Å². The first-order valence-electron chi connectivity index (χ1n) is 6.07. The van der Waals surface area contributed by atoms with Crippen LogP contribution in [0.2, 0.25) is 5.15 Å². The lowest BCUT2D eigenvalue weighted by atomic mass is 10.3. The third-order valence-electron chi connectivity index (χ3n) is 2.76. The van der Waals surface area contributed by atoms with E-state index >= 15 is 0 Å². The quantitative estimate of drug-likeness (QED) is 0.400. The zero-order valence-corrected chi connectivity index (χ0v) is 12.8. The first kappa shape index (κ1) is 14.9. The standard InChI is InChI=1S/C14H8ClF2N3OS/c1-22-14-18-6-7-4-11(12(15)19-13(7)20-14)21-10-3-2-8(16)5-9(10)17/h2-6H,1H3. The maximum atomic E-state index is 13.6. The molecule has 0 N–H and O–H groups in total. The van der Waals surface area contributed by atoms with Crippen LogP contribution in [0.3, 0.4) is 0 Å². The SMILES string of the molecule is CSc1ncc2cc(Oc3ccc(F)cc3F)c(Cl)nc2n1. The number of thioether (sulfide) groups is 1. The summed E-state index contributed by atoms with van der Waals surface area (Å²) in [6, 6.07) is 4.55. The summed E-state index contributed by atoms with van der Waals surface area (Å²) in [5, 5.41) is 1.19. The largest absolute Gasteiger partial charge is 0.451 e. The molecule has 0 saturated carbocycles. The Morgan fingerprint density at radius 3 is 2.68 bits per heavy atom. The summed E-state index contributed by atoms with van der Waals surface area (Å²) in [6.45, 7) is 0. The molecular formula is C14H8ClF2N3OS. The minimum Gasteiger partial charge on any atom is -0.451 e. The summed E-state index contributed by atoms with van der Waals surface area (Å²) >= 11 is 7.41. The highest BCUT2D eigenvalue weighted by atomic mass is 35.5. The van der Waals surface area contributed by atoms with Crippen LogP contribution in [0, 0.1) is 11.6 Å². The van der Waals surface area contributed by atoms with E-state index in [0.717, 1.165) is 12.1 Å². The van der Waals surface area contributed by atoms with Gasteiger partial charge in [0.2, 0.25) is 0 Å². The third-order valence-corrected chi connectivity index (χ3v) is 3.60. The monoisotopic (exact) mass is 339 g/mol. The highest BCUT2D eigenvalue weighted by molar-refractivity contribution is 7.98. The molecule has 22 heavy (non-hydrogen) atoms. The predicted octanol–water partition coefficient (Wildman–Crippen LogP) is 4.47. The molecule has 0 aliphatic heterocycles. The molecule has 0 bridgehead atoms. The Kier molecular flexibility index (Phi) is 4.08. The number of hydrogen-bond acceptors (Lipinski definition) is 5. The van der Waals surface area contributed by atoms with Gasteiger partial charge in [0.1, 0.15) is 5.82 Å². The number of pyridine rings is 1. The highest BCUT2D eigenvalue weighted by Gasteiger charge is 2.12. The fourth-order valence-corrected chi connectivity index (χ4v) is 2.26. The van der Waals surface area contributed by atoms with Gasteiger partial charge < -0.3 is 4.74 Å². The topological polar surface area (TPSA) is 47.9 Å². The van der Waals surface area contributed by atoms with Crippen LogP contribution in [0.5, 0.6) is 11.5 Å². The smallest absolute Gasteiger partial charge is 0.189 e. The van der Waals surface area contributed by atoms with Gasteiger partial charge in [0.25, 0.3) is 0 Å². The molecule has 112 valence electrons. The Balaban J connectivity index is 2.01. The van der Waals surface area contributed by atoms with Crippen molar-refractivity contribution in [3.8, 4) is 11.5 Å². The van der Waals surface area contributed by atoms with E-state index in [-0.39, 0.29) is 16.7 Å². The van der Waals surface area contributed by atoms with Crippen LogP contribution < -0.4 is 4.74 Å². The minimum atomic E-state index is -0.829. The van der Waals surface area contributed by atoms with Crippen molar-refractivity contribution >= 4 is 34.4 Å². The van der Waals surface area contributed by atoms with Crippen molar-refractivity contribution in [1.82, 2.24) is 15.0 Å². The molecule has 3 aromatic rings. The fraction of sp³-hybridized carbons (Fsp3) is 0.0714. The number of halogens is 3. The predicted molar refractivity (Wildman–Crippen MR) is 80.6 cm³/mol. The van der Waals surface area contributed by atoms with Crippen LogP contribution in [-0.4, -0.2) is 21.2 Å². The van der Waals surface area contributed by atoms with Crippen molar-refractivity contribution in [1.29, 1.82) is 0 Å². The molecule has 4 nitrogen and oxygen atoms in total. The van der Waals surface area contributed by atoms with Gasteiger partial charge in [-0.1, -0.05) is 23.4 Å². The molecule has 0 aliphatic carbocycles. The molecule has 0 atom stereocenters. The lowest BCUT2D eigenvalue weighted by molar-refractivity contribution is 0.437. The number of nitrogens with zero attached hydrogens (tertiary/aromatic N) is 3. The van der Waals surface area contributed by atoms with E-state index in [1.165, 1.54) is 17.8 Å². The van der Waals surface area contributed by atoms with Crippen LogP contribution in [-0.2, 0) is 0 Å². The highest BCUT2D eigenvalue weighted by Crippen LogP contribution is 2.32. The first-order valence-corrected chi connectivity index (χ1v) is 7.67. The van der Waals surface area contributed by atoms with Crippen molar-refractivity contribution < 1.29 is 13.5 Å². The van der Waals surface area contributed by atoms with Crippen LogP contribution >= 0.6 is 23.4 Å². The number of hydrogen-bond donors (Lipinski definition) is 0. The van der Waals surface area contributed by atoms with Gasteiger partial charge in [0.05, 0.1) is 0 Å². The Hall–Kier alpha value is -1.99. The molecule has 0 radical (unpaired) electrons. The van der Waals surface area contributed by atoms with Gasteiger partial charge in [-0.2, -0.15) is 0 Å². The minimum absolute atomic E-state index is 0.0296. The van der Waals surface area contributed by atoms with E-state index < -0.39 is 11.6 Å². The Morgan fingerprint density at radius 2 is 1.95 bits per heavy atom. The van der Waals surface area contributed by atoms with Crippen molar-refractivity contribution in [3.05, 3.63) is 47.2 Å². The lowest BCUT2D eigenvalue weighted by Crippen LogP contribution is -1.95. The molecule has 0 aliphatic rings. The molecule has 2 heterocycles. The first-order chi connectivity index (χ1) is 10.6. The van der Waals surface area contributed by atoms with E-state index in [1.54, 1.807) is 12.3 Å². The van der Waals surface area contributed by atoms with Crippen LogP contribution in [0.4, 0.5) is 8.78 Å². The number of fused-ring (bicyclic) bond motifs is 1. The van der Waals surface area contributed by atoms with E-state index in [2.05, 4.69) is 15.0 Å². The average molecular weight is 340 g/mol. The summed E-state index contributed by atoms with van der Waals surface area (Å²) in [4.78, 5) is 12.4. The summed E-state index contributed by atoms with van der Waals surface area (Å²) in [5.41, 5.74) is 0.413. The third kappa shape index (κ3) is 2.95. The van der Waals surface area contributed by atoms with Gasteiger partial charge in [-0.25, -0.2) is 23.7 Å². The maximum Gasteiger partial charge on any atom is 0.189 e. The van der Waals surface area contributed by atoms with Crippen molar-refractivity contribution in [2.75, 3.05) is 6.26 Å². The molecule has 2 aromatic heterocycles. The van der Waals surface area contributed by atoms with Gasteiger partial charge in [-0.05, 0) is 24.5 Å². The normalized spacial score (nSPS) is 10.9. The van der Waals surface area contributed by atoms with Crippen LogP contribution in [0.25, 0.3) is 11.0 Å². The van der Waals surface area contributed by atoms with Crippen molar-refractivity contribution in [3.63, 3.8) is 0 Å². The second-order valence-electron chi connectivity index (χ2n) is 4.22. The van der Waals surface area contributed by atoms with Gasteiger partial charge in [0, 0.05) is 17.6 Å². The summed E-state index contributed by atoms with van der Waals surface area (Å²) in [6.07, 6.45) is 3.42. The van der Waals surface area contributed by atoms with Gasteiger partial charge in [0.15, 0.2) is 33.3 Å². The molecule has 0 spiro atoms. The second-order valence-corrected chi connectivity index (χ2v) is 5.36. The Morgan fingerprint density at radius 1 is 1.14 bits per heavy atom. The maximum absolute atomic E-state index is 13.6. The number of benzene rings is 1. The van der Waals surface area contributed by atoms with Crippen molar-refractivity contribution in [2.45, 2.75) is 5.16 Å². The molecular weight excluding hydrogens is 332 g/mol. The Labute approximate surface area is 133 Å². The van der Waals surface area contributed by atoms with Crippen LogP contribution in [0.1, 0.15) is 0 Å². The average Bonchev–Trinajstić information content (AvgIpc) is 2.50. The molecule has 3 rings (SSSR count). The van der Waals surface area contributed by atoms with E-state index in [1.807, 2.05) is 6.26 Å². The molecule has 1 aromatic carbocycles. The summed E-state index contributed by atoms with van der Waals surface area (Å²) in [7, 11) is 0. The van der Waals surface area contributed by atoms with Crippen LogP contribution in [0.15, 0.2) is 35.6 Å². The number of aromatic nitrogens is 3. The zero-order chi connectivity index (χ0) is 15.7. The summed E-state index contributed by atoms with van der Waals surface area (Å²) < 4.78 is 31.9. The fourth-order valence-electron chi connectivity index (χ4n) is 1.75. The molecule has 0 saturated heterocycles. The second kappa shape index (κ2) is 6.02. The summed E-state index contributed by atoms with van der Waals surface area (Å²) in [5.74, 6) is -1.53.